The molecule has 82 valence electrons. The summed E-state index contributed by atoms with van der Waals surface area (Å²) in [6, 6.07) is 0. The van der Waals surface area contributed by atoms with Crippen LogP contribution in [0.4, 0.5) is 0 Å². The number of rotatable bonds is 4. The molecule has 1 amide bonds. The predicted molar refractivity (Wildman–Crippen MR) is 60.7 cm³/mol. The fraction of sp³-hybridized carbons (Fsp3) is 0.500. The minimum absolute atomic E-state index is 0.00132. The summed E-state index contributed by atoms with van der Waals surface area (Å²) in [6.45, 7) is 0. The van der Waals surface area contributed by atoms with Gasteiger partial charge < -0.3 is 5.11 Å². The van der Waals surface area contributed by atoms with E-state index in [1.807, 2.05) is 0 Å². The van der Waals surface area contributed by atoms with E-state index in [4.69, 9.17) is 16.7 Å². The first-order valence-electron chi connectivity index (χ1n) is 4.30. The van der Waals surface area contributed by atoms with Crippen molar-refractivity contribution in [3.05, 3.63) is 9.93 Å². The fourth-order valence-electron chi connectivity index (χ4n) is 1.45. The minimum Gasteiger partial charge on any atom is -0.477 e. The molecule has 0 aromatic carbocycles. The zero-order chi connectivity index (χ0) is 11.0. The number of carboxylic acid groups (broad SMARTS) is 1. The Balaban J connectivity index is 2.19. The van der Waals surface area contributed by atoms with Gasteiger partial charge in [-0.25, -0.2) is 4.79 Å². The number of carbonyl (C=O) groups excluding carboxylic acids is 1. The van der Waals surface area contributed by atoms with Crippen LogP contribution in [0, 0.1) is 0 Å². The molecule has 0 aromatic rings. The van der Waals surface area contributed by atoms with E-state index in [9.17, 15) is 9.59 Å². The molecule has 2 aliphatic rings. The van der Waals surface area contributed by atoms with Gasteiger partial charge in [0.1, 0.15) is 0 Å². The minimum atomic E-state index is -1.03. The summed E-state index contributed by atoms with van der Waals surface area (Å²) >= 11 is 8.40. The summed E-state index contributed by atoms with van der Waals surface area (Å²) in [5.41, 5.74) is 0.136. The highest BCUT2D eigenvalue weighted by Gasteiger charge is 2.48. The number of β-lactam (4-membered cyclic amide) rings is 1. The lowest BCUT2D eigenvalue weighted by Crippen LogP contribution is -2.48. The smallest absolute Gasteiger partial charge is 0.354 e. The molecule has 0 radical (unpaired) electrons. The number of aliphatic carboxylic acids is 1. The molecular formula is C8H8ClNO3S2. The van der Waals surface area contributed by atoms with E-state index >= 15 is 0 Å². The van der Waals surface area contributed by atoms with Gasteiger partial charge in [-0.05, 0) is 0 Å². The van der Waals surface area contributed by atoms with E-state index in [1.54, 1.807) is 0 Å². The largest absolute Gasteiger partial charge is 0.477 e. The average Bonchev–Trinajstić information content (AvgIpc) is 2.47. The molecule has 2 aliphatic heterocycles. The lowest BCUT2D eigenvalue weighted by molar-refractivity contribution is -0.145. The van der Waals surface area contributed by atoms with Crippen molar-refractivity contribution in [1.29, 1.82) is 0 Å². The molecule has 0 spiro atoms. The van der Waals surface area contributed by atoms with Crippen molar-refractivity contribution >= 4 is 47.0 Å². The highest BCUT2D eigenvalue weighted by atomic mass is 35.5. The molecule has 15 heavy (non-hydrogen) atoms. The lowest BCUT2D eigenvalue weighted by atomic mass is 10.2. The van der Waals surface area contributed by atoms with Gasteiger partial charge in [0.2, 0.25) is 5.91 Å². The highest BCUT2D eigenvalue weighted by Crippen LogP contribution is 2.50. The topological polar surface area (TPSA) is 57.6 Å². The number of fused-ring (bicyclic) bond motifs is 1. The van der Waals surface area contributed by atoms with Crippen LogP contribution in [-0.2, 0) is 9.59 Å². The van der Waals surface area contributed by atoms with Crippen LogP contribution in [0.2, 0.25) is 0 Å². The van der Waals surface area contributed by atoms with Crippen LogP contribution >= 0.6 is 35.1 Å². The molecule has 1 atom stereocenters. The Morgan fingerprint density at radius 1 is 1.73 bits per heavy atom. The van der Waals surface area contributed by atoms with Gasteiger partial charge in [-0.15, -0.1) is 23.4 Å². The molecule has 2 heterocycles. The lowest BCUT2D eigenvalue weighted by Gasteiger charge is -2.33. The standard InChI is InChI=1S/C8H8ClNO3S2/c9-1-2-14-8-6(7(12)13)10-4(11)3-5(10)15-8/h5H,1-3H2,(H,12,13)/t5-/m1/s1. The number of nitrogens with zero attached hydrogens (tertiary/aromatic N) is 1. The Morgan fingerprint density at radius 2 is 2.47 bits per heavy atom. The third-order valence-corrected chi connectivity index (χ3v) is 5.07. The number of alkyl halides is 1. The Bertz CT molecular complexity index is 358. The molecule has 0 saturated carbocycles. The second kappa shape index (κ2) is 4.27. The van der Waals surface area contributed by atoms with Crippen LogP contribution in [0.15, 0.2) is 9.93 Å². The van der Waals surface area contributed by atoms with Gasteiger partial charge in [-0.3, -0.25) is 9.69 Å². The molecule has 4 nitrogen and oxygen atoms in total. The zero-order valence-corrected chi connectivity index (χ0v) is 9.99. The van der Waals surface area contributed by atoms with Crippen LogP contribution in [0.1, 0.15) is 6.42 Å². The number of hydrogen-bond donors (Lipinski definition) is 1. The number of hydrogen-bond acceptors (Lipinski definition) is 4. The van der Waals surface area contributed by atoms with E-state index in [0.29, 0.717) is 22.3 Å². The van der Waals surface area contributed by atoms with E-state index in [2.05, 4.69) is 0 Å². The van der Waals surface area contributed by atoms with E-state index < -0.39 is 5.97 Å². The normalized spacial score (nSPS) is 24.2. The van der Waals surface area contributed by atoms with E-state index in [-0.39, 0.29) is 17.0 Å². The highest BCUT2D eigenvalue weighted by molar-refractivity contribution is 8.22. The second-order valence-corrected chi connectivity index (χ2v) is 5.95. The summed E-state index contributed by atoms with van der Waals surface area (Å²) in [5, 5.41) is 9.01. The van der Waals surface area contributed by atoms with Gasteiger partial charge in [0, 0.05) is 11.6 Å². The zero-order valence-electron chi connectivity index (χ0n) is 7.60. The first-order chi connectivity index (χ1) is 7.15. The van der Waals surface area contributed by atoms with Crippen molar-refractivity contribution in [3.63, 3.8) is 0 Å². The van der Waals surface area contributed by atoms with Crippen LogP contribution in [0.3, 0.4) is 0 Å². The van der Waals surface area contributed by atoms with Gasteiger partial charge in [-0.2, -0.15) is 0 Å². The number of carboxylic acids is 1. The second-order valence-electron chi connectivity index (χ2n) is 3.02. The molecule has 0 bridgehead atoms. The fourth-order valence-corrected chi connectivity index (χ4v) is 4.22. The van der Waals surface area contributed by atoms with Crippen LogP contribution in [0.25, 0.3) is 0 Å². The molecule has 1 saturated heterocycles. The molecule has 2 rings (SSSR count). The Hall–Kier alpha value is -0.330. The van der Waals surface area contributed by atoms with Crippen LogP contribution < -0.4 is 0 Å². The Kier molecular flexibility index (Phi) is 3.18. The van der Waals surface area contributed by atoms with E-state index in [0.717, 1.165) is 0 Å². The summed E-state index contributed by atoms with van der Waals surface area (Å²) in [6.07, 6.45) is 0.437. The maximum Gasteiger partial charge on any atom is 0.354 e. The predicted octanol–water partition coefficient (Wildman–Crippen LogP) is 1.52. The number of amides is 1. The summed E-state index contributed by atoms with van der Waals surface area (Å²) in [7, 11) is 0. The van der Waals surface area contributed by atoms with Crippen molar-refractivity contribution in [2.24, 2.45) is 0 Å². The van der Waals surface area contributed by atoms with Crippen molar-refractivity contribution in [2.45, 2.75) is 11.8 Å². The summed E-state index contributed by atoms with van der Waals surface area (Å²) < 4.78 is 0.707. The molecule has 7 heteroatoms. The van der Waals surface area contributed by atoms with E-state index in [1.165, 1.54) is 28.4 Å². The van der Waals surface area contributed by atoms with Gasteiger partial charge in [0.05, 0.1) is 16.0 Å². The molecule has 1 N–H and O–H groups in total. The van der Waals surface area contributed by atoms with Crippen LogP contribution in [0.5, 0.6) is 0 Å². The summed E-state index contributed by atoms with van der Waals surface area (Å²) in [4.78, 5) is 23.6. The van der Waals surface area contributed by atoms with Gasteiger partial charge >= 0.3 is 5.97 Å². The van der Waals surface area contributed by atoms with Gasteiger partial charge in [-0.1, -0.05) is 11.8 Å². The monoisotopic (exact) mass is 265 g/mol. The molecule has 0 aliphatic carbocycles. The maximum absolute atomic E-state index is 11.2. The third kappa shape index (κ3) is 1.86. The van der Waals surface area contributed by atoms with Crippen molar-refractivity contribution < 1.29 is 14.7 Å². The van der Waals surface area contributed by atoms with Gasteiger partial charge in [0.25, 0.3) is 0 Å². The maximum atomic E-state index is 11.2. The first kappa shape index (κ1) is 11.2. The Morgan fingerprint density at radius 3 is 3.00 bits per heavy atom. The van der Waals surface area contributed by atoms with Crippen molar-refractivity contribution in [1.82, 2.24) is 4.90 Å². The number of halogens is 1. The Labute approximate surface area is 100 Å². The molecule has 0 unspecified atom stereocenters. The first-order valence-corrected chi connectivity index (χ1v) is 6.70. The van der Waals surface area contributed by atoms with Crippen LogP contribution in [-0.4, -0.2) is 38.9 Å². The molecule has 1 fully saturated rings. The van der Waals surface area contributed by atoms with Gasteiger partial charge in [0.15, 0.2) is 5.70 Å². The SMILES string of the molecule is O=C(O)C1=C(SCCCl)S[C@@H]2CC(=O)N12. The number of thioether (sulfide) groups is 2. The van der Waals surface area contributed by atoms with Crippen molar-refractivity contribution in [2.75, 3.05) is 11.6 Å². The molecule has 0 aromatic heterocycles. The summed E-state index contributed by atoms with van der Waals surface area (Å²) in [5.74, 6) is -0.00292. The quantitative estimate of drug-likeness (QED) is 0.617. The molecular weight excluding hydrogens is 258 g/mol. The van der Waals surface area contributed by atoms with Crippen molar-refractivity contribution in [3.8, 4) is 0 Å². The number of carbonyl (C=O) groups is 2. The third-order valence-electron chi connectivity index (χ3n) is 2.10. The average molecular weight is 266 g/mol.